The third-order valence-electron chi connectivity index (χ3n) is 7.45. The van der Waals surface area contributed by atoms with Crippen LogP contribution in [0.2, 0.25) is 0 Å². The van der Waals surface area contributed by atoms with Gasteiger partial charge in [-0.1, -0.05) is 55.8 Å². The van der Waals surface area contributed by atoms with Gasteiger partial charge in [0.05, 0.1) is 16.9 Å². The number of non-ortho nitro benzene ring substituents is 1. The zero-order valence-electron chi connectivity index (χ0n) is 22.6. The summed E-state index contributed by atoms with van der Waals surface area (Å²) in [5.74, 6) is 1.60. The van der Waals surface area contributed by atoms with Crippen molar-refractivity contribution in [2.45, 2.75) is 50.8 Å². The van der Waals surface area contributed by atoms with Gasteiger partial charge in [-0.05, 0) is 72.4 Å². The van der Waals surface area contributed by atoms with Gasteiger partial charge in [0.2, 0.25) is 0 Å². The summed E-state index contributed by atoms with van der Waals surface area (Å²) in [4.78, 5) is 27.0. The molecule has 2 fully saturated rings. The van der Waals surface area contributed by atoms with Crippen LogP contribution in [0.5, 0.6) is 11.5 Å². The number of benzene rings is 3. The summed E-state index contributed by atoms with van der Waals surface area (Å²) < 4.78 is 11.5. The van der Waals surface area contributed by atoms with Gasteiger partial charge in [-0.25, -0.2) is 0 Å². The number of methoxy groups -OCH3 is 1. The average molecular weight is 560 g/mol. The fourth-order valence-corrected chi connectivity index (χ4v) is 6.50. The first-order chi connectivity index (χ1) is 19.4. The standard InChI is InChI=1S/C31H33N3O5S/c1-21-8-6-7-11-26(21)33-30(35)29(40-31(33)32-24-9-4-3-5-10-24)19-23-14-17-27(28(18-23)38-2)39-20-22-12-15-25(16-13-22)34(36)37/h3-5,9-10,12-19,21,26,31-32H,6-8,11,20H2,1-2H3/b29-19-/t21-,26+,31?/m1/s1. The molecular formula is C31H33N3O5S. The Morgan fingerprint density at radius 2 is 1.80 bits per heavy atom. The number of nitrogens with one attached hydrogen (secondary N) is 1. The lowest BCUT2D eigenvalue weighted by atomic mass is 9.85. The number of anilines is 1. The maximum Gasteiger partial charge on any atom is 0.269 e. The van der Waals surface area contributed by atoms with E-state index in [0.717, 1.165) is 36.1 Å². The molecule has 0 bridgehead atoms. The summed E-state index contributed by atoms with van der Waals surface area (Å²) in [6, 6.07) is 22.1. The average Bonchev–Trinajstić information content (AvgIpc) is 3.26. The molecule has 2 aliphatic rings. The highest BCUT2D eigenvalue weighted by Crippen LogP contribution is 2.42. The first-order valence-electron chi connectivity index (χ1n) is 13.5. The van der Waals surface area contributed by atoms with Gasteiger partial charge in [-0.15, -0.1) is 0 Å². The van der Waals surface area contributed by atoms with Crippen LogP contribution in [0.1, 0.15) is 43.7 Å². The van der Waals surface area contributed by atoms with Crippen molar-refractivity contribution in [3.05, 3.63) is 98.9 Å². The molecule has 1 saturated carbocycles. The third-order valence-corrected chi connectivity index (χ3v) is 8.57. The largest absolute Gasteiger partial charge is 0.493 e. The van der Waals surface area contributed by atoms with Gasteiger partial charge in [0.15, 0.2) is 17.0 Å². The van der Waals surface area contributed by atoms with Crippen LogP contribution in [0, 0.1) is 16.0 Å². The van der Waals surface area contributed by atoms with Crippen LogP contribution in [-0.2, 0) is 11.4 Å². The third kappa shape index (κ3) is 6.25. The molecule has 1 heterocycles. The smallest absolute Gasteiger partial charge is 0.269 e. The quantitative estimate of drug-likeness (QED) is 0.170. The Balaban J connectivity index is 1.35. The van der Waals surface area contributed by atoms with Crippen molar-refractivity contribution in [3.63, 3.8) is 0 Å². The first kappa shape index (κ1) is 27.6. The van der Waals surface area contributed by atoms with E-state index >= 15 is 0 Å². The zero-order chi connectivity index (χ0) is 28.1. The number of para-hydroxylation sites is 1. The molecule has 0 spiro atoms. The molecule has 1 amide bonds. The van der Waals surface area contributed by atoms with E-state index in [9.17, 15) is 14.9 Å². The van der Waals surface area contributed by atoms with E-state index in [1.54, 1.807) is 31.0 Å². The van der Waals surface area contributed by atoms with Crippen LogP contribution in [-0.4, -0.2) is 34.4 Å². The predicted octanol–water partition coefficient (Wildman–Crippen LogP) is 7.07. The molecule has 0 radical (unpaired) electrons. The molecule has 1 saturated heterocycles. The second kappa shape index (κ2) is 12.5. The van der Waals surface area contributed by atoms with E-state index in [4.69, 9.17) is 9.47 Å². The number of ether oxygens (including phenoxy) is 2. The van der Waals surface area contributed by atoms with Crippen LogP contribution < -0.4 is 14.8 Å². The Morgan fingerprint density at radius 1 is 1.05 bits per heavy atom. The van der Waals surface area contributed by atoms with Crippen molar-refractivity contribution < 1.29 is 19.2 Å². The van der Waals surface area contributed by atoms with E-state index in [2.05, 4.69) is 12.2 Å². The molecule has 40 heavy (non-hydrogen) atoms. The SMILES string of the molecule is COc1cc(/C=C2\SC(Nc3ccccc3)N([C@H]3CCCC[C@H]3C)C2=O)ccc1OCc1ccc([N+](=O)[O-])cc1. The number of amides is 1. The lowest BCUT2D eigenvalue weighted by Crippen LogP contribution is -2.48. The Hall–Kier alpha value is -3.98. The van der Waals surface area contributed by atoms with Crippen LogP contribution in [0.4, 0.5) is 11.4 Å². The maximum absolute atomic E-state index is 13.8. The summed E-state index contributed by atoms with van der Waals surface area (Å²) in [6.45, 7) is 2.49. The Morgan fingerprint density at radius 3 is 2.50 bits per heavy atom. The summed E-state index contributed by atoms with van der Waals surface area (Å²) in [5, 5.41) is 14.5. The number of hydrogen-bond acceptors (Lipinski definition) is 7. The predicted molar refractivity (Wildman–Crippen MR) is 158 cm³/mol. The number of nitrogens with zero attached hydrogens (tertiary/aromatic N) is 2. The summed E-state index contributed by atoms with van der Waals surface area (Å²) in [5.41, 5.74) is 2.49. The minimum atomic E-state index is -0.427. The number of carbonyl (C=O) groups excluding carboxylic acids is 1. The van der Waals surface area contributed by atoms with E-state index in [0.29, 0.717) is 22.3 Å². The number of nitro benzene ring substituents is 1. The van der Waals surface area contributed by atoms with Gasteiger partial charge in [0, 0.05) is 23.9 Å². The maximum atomic E-state index is 13.8. The minimum Gasteiger partial charge on any atom is -0.493 e. The van der Waals surface area contributed by atoms with Crippen molar-refractivity contribution >= 4 is 35.1 Å². The van der Waals surface area contributed by atoms with E-state index in [-0.39, 0.29) is 29.7 Å². The topological polar surface area (TPSA) is 93.9 Å². The molecule has 9 heteroatoms. The molecule has 0 aromatic heterocycles. The van der Waals surface area contributed by atoms with Crippen LogP contribution in [0.15, 0.2) is 77.7 Å². The Labute approximate surface area is 238 Å². The number of carbonyl (C=O) groups is 1. The van der Waals surface area contributed by atoms with Crippen LogP contribution >= 0.6 is 11.8 Å². The lowest BCUT2D eigenvalue weighted by molar-refractivity contribution is -0.384. The van der Waals surface area contributed by atoms with Crippen LogP contribution in [0.3, 0.4) is 0 Å². The molecule has 3 aromatic rings. The fraction of sp³-hybridized carbons (Fsp3) is 0.323. The molecule has 1 N–H and O–H groups in total. The van der Waals surface area contributed by atoms with Crippen LogP contribution in [0.25, 0.3) is 6.08 Å². The second-order valence-electron chi connectivity index (χ2n) is 10.2. The lowest BCUT2D eigenvalue weighted by Gasteiger charge is -2.39. The molecule has 1 aliphatic heterocycles. The first-order valence-corrected chi connectivity index (χ1v) is 14.4. The second-order valence-corrected chi connectivity index (χ2v) is 11.3. The highest BCUT2D eigenvalue weighted by Gasteiger charge is 2.42. The van der Waals surface area contributed by atoms with Crippen molar-refractivity contribution in [1.29, 1.82) is 0 Å². The van der Waals surface area contributed by atoms with Gasteiger partial charge in [0.25, 0.3) is 11.6 Å². The highest BCUT2D eigenvalue weighted by atomic mass is 32.2. The van der Waals surface area contributed by atoms with Crippen molar-refractivity contribution in [3.8, 4) is 11.5 Å². The van der Waals surface area contributed by atoms with E-state index in [1.807, 2.05) is 59.5 Å². The molecule has 8 nitrogen and oxygen atoms in total. The van der Waals surface area contributed by atoms with Gasteiger partial charge in [0.1, 0.15) is 6.61 Å². The summed E-state index contributed by atoms with van der Waals surface area (Å²) in [7, 11) is 1.58. The molecular weight excluding hydrogens is 526 g/mol. The van der Waals surface area contributed by atoms with Gasteiger partial charge >= 0.3 is 0 Å². The van der Waals surface area contributed by atoms with E-state index < -0.39 is 4.92 Å². The molecule has 5 rings (SSSR count). The Kier molecular flexibility index (Phi) is 8.60. The number of hydrogen-bond donors (Lipinski definition) is 1. The molecule has 3 aromatic carbocycles. The summed E-state index contributed by atoms with van der Waals surface area (Å²) >= 11 is 1.55. The fourth-order valence-electron chi connectivity index (χ4n) is 5.29. The van der Waals surface area contributed by atoms with Gasteiger partial charge < -0.3 is 19.7 Å². The van der Waals surface area contributed by atoms with Crippen molar-refractivity contribution in [2.75, 3.05) is 12.4 Å². The molecule has 1 aliphatic carbocycles. The highest BCUT2D eigenvalue weighted by molar-refractivity contribution is 8.05. The monoisotopic (exact) mass is 559 g/mol. The summed E-state index contributed by atoms with van der Waals surface area (Å²) in [6.07, 6.45) is 6.42. The van der Waals surface area contributed by atoms with Gasteiger partial charge in [-0.2, -0.15) is 0 Å². The number of thioether (sulfide) groups is 1. The molecule has 1 unspecified atom stereocenters. The number of nitro groups is 1. The number of rotatable bonds is 9. The molecule has 3 atom stereocenters. The molecule has 208 valence electrons. The van der Waals surface area contributed by atoms with E-state index in [1.165, 1.54) is 18.6 Å². The normalized spacial score (nSPS) is 21.9. The van der Waals surface area contributed by atoms with Gasteiger partial charge in [-0.3, -0.25) is 14.9 Å². The zero-order valence-corrected chi connectivity index (χ0v) is 23.4. The Bertz CT molecular complexity index is 1380. The van der Waals surface area contributed by atoms with Crippen molar-refractivity contribution in [2.24, 2.45) is 5.92 Å². The van der Waals surface area contributed by atoms with Crippen molar-refractivity contribution in [1.82, 2.24) is 4.90 Å². The minimum absolute atomic E-state index is 0.0377.